The molecule has 0 spiro atoms. The highest BCUT2D eigenvalue weighted by atomic mass is 32.1. The van der Waals surface area contributed by atoms with E-state index in [0.717, 1.165) is 21.9 Å². The first-order valence-electron chi connectivity index (χ1n) is 10.7. The Hall–Kier alpha value is -3.97. The number of benzene rings is 3. The highest BCUT2D eigenvalue weighted by Crippen LogP contribution is 2.31. The number of thiazole rings is 1. The zero-order valence-electron chi connectivity index (χ0n) is 18.9. The van der Waals surface area contributed by atoms with Crippen molar-refractivity contribution in [2.75, 3.05) is 14.2 Å². The molecule has 0 N–H and O–H groups in total. The predicted molar refractivity (Wildman–Crippen MR) is 133 cm³/mol. The lowest BCUT2D eigenvalue weighted by Gasteiger charge is -2.24. The van der Waals surface area contributed by atoms with E-state index in [0.29, 0.717) is 26.4 Å². The molecule has 0 saturated heterocycles. The van der Waals surface area contributed by atoms with Crippen molar-refractivity contribution < 1.29 is 14.3 Å². The number of methoxy groups -OCH3 is 2. The van der Waals surface area contributed by atoms with E-state index < -0.39 is 12.0 Å². The molecule has 0 aliphatic carbocycles. The zero-order chi connectivity index (χ0) is 23.8. The average molecular weight is 471 g/mol. The molecular weight excluding hydrogens is 448 g/mol. The van der Waals surface area contributed by atoms with Crippen LogP contribution in [0.15, 0.2) is 87.8 Å². The van der Waals surface area contributed by atoms with E-state index >= 15 is 0 Å². The molecule has 1 aliphatic rings. The summed E-state index contributed by atoms with van der Waals surface area (Å²) in [4.78, 5) is 31.6. The molecule has 34 heavy (non-hydrogen) atoms. The summed E-state index contributed by atoms with van der Waals surface area (Å²) in [5.74, 6) is 0.177. The summed E-state index contributed by atoms with van der Waals surface area (Å²) in [5, 5.41) is 2.03. The van der Waals surface area contributed by atoms with Crippen LogP contribution in [0.4, 0.5) is 0 Å². The molecule has 3 aromatic carbocycles. The number of carbonyl (C=O) groups excluding carboxylic acids is 1. The molecule has 2 heterocycles. The number of nitrogens with zero attached hydrogens (tertiary/aromatic N) is 2. The van der Waals surface area contributed by atoms with Gasteiger partial charge in [-0.1, -0.05) is 72.0 Å². The molecule has 0 amide bonds. The van der Waals surface area contributed by atoms with E-state index in [9.17, 15) is 9.59 Å². The molecule has 0 unspecified atom stereocenters. The molecule has 0 saturated carbocycles. The maximum atomic E-state index is 13.8. The second-order valence-electron chi connectivity index (χ2n) is 7.89. The van der Waals surface area contributed by atoms with Crippen molar-refractivity contribution in [1.82, 2.24) is 4.57 Å². The van der Waals surface area contributed by atoms with E-state index in [1.807, 2.05) is 72.8 Å². The molecule has 5 rings (SSSR count). The molecular formula is C27H22N2O4S. The van der Waals surface area contributed by atoms with E-state index in [-0.39, 0.29) is 5.56 Å². The molecule has 1 atom stereocenters. The van der Waals surface area contributed by atoms with Crippen molar-refractivity contribution in [2.45, 2.75) is 13.0 Å². The van der Waals surface area contributed by atoms with Crippen molar-refractivity contribution in [2.24, 2.45) is 4.99 Å². The summed E-state index contributed by atoms with van der Waals surface area (Å²) in [7, 11) is 2.95. The second-order valence-corrected chi connectivity index (χ2v) is 8.90. The number of aromatic nitrogens is 1. The van der Waals surface area contributed by atoms with Gasteiger partial charge in [-0.3, -0.25) is 9.36 Å². The molecule has 0 bridgehead atoms. The van der Waals surface area contributed by atoms with Crippen molar-refractivity contribution in [3.8, 4) is 5.75 Å². The summed E-state index contributed by atoms with van der Waals surface area (Å²) < 4.78 is 12.8. The first-order valence-corrected chi connectivity index (χ1v) is 11.6. The van der Waals surface area contributed by atoms with Crippen molar-refractivity contribution in [3.05, 3.63) is 109 Å². The summed E-state index contributed by atoms with van der Waals surface area (Å²) in [6.07, 6.45) is 1.85. The predicted octanol–water partition coefficient (Wildman–Crippen LogP) is 3.57. The Bertz CT molecular complexity index is 1630. The van der Waals surface area contributed by atoms with Crippen molar-refractivity contribution in [3.63, 3.8) is 0 Å². The first kappa shape index (κ1) is 21.9. The van der Waals surface area contributed by atoms with Gasteiger partial charge < -0.3 is 9.47 Å². The van der Waals surface area contributed by atoms with Gasteiger partial charge in [0.05, 0.1) is 36.1 Å². The Labute approximate surface area is 199 Å². The topological polar surface area (TPSA) is 69.9 Å². The normalized spacial score (nSPS) is 15.7. The maximum Gasteiger partial charge on any atom is 0.338 e. The Morgan fingerprint density at radius 3 is 2.50 bits per heavy atom. The fourth-order valence-electron chi connectivity index (χ4n) is 4.38. The van der Waals surface area contributed by atoms with E-state index in [1.54, 1.807) is 18.6 Å². The monoisotopic (exact) mass is 470 g/mol. The third-order valence-electron chi connectivity index (χ3n) is 5.97. The number of rotatable bonds is 4. The van der Waals surface area contributed by atoms with E-state index in [4.69, 9.17) is 9.47 Å². The van der Waals surface area contributed by atoms with Gasteiger partial charge in [0, 0.05) is 5.56 Å². The highest BCUT2D eigenvalue weighted by molar-refractivity contribution is 7.07. The Morgan fingerprint density at radius 2 is 1.76 bits per heavy atom. The molecule has 6 nitrogen and oxygen atoms in total. The summed E-state index contributed by atoms with van der Waals surface area (Å²) in [6.45, 7) is 1.77. The van der Waals surface area contributed by atoms with Crippen LogP contribution < -0.4 is 19.6 Å². The average Bonchev–Trinajstić information content (AvgIpc) is 3.17. The van der Waals surface area contributed by atoms with Gasteiger partial charge in [-0.2, -0.15) is 0 Å². The number of allylic oxidation sites excluding steroid dienone is 1. The lowest BCUT2D eigenvalue weighted by molar-refractivity contribution is -0.136. The van der Waals surface area contributed by atoms with Crippen LogP contribution in [-0.2, 0) is 9.53 Å². The zero-order valence-corrected chi connectivity index (χ0v) is 19.8. The molecule has 1 aromatic heterocycles. The Kier molecular flexibility index (Phi) is 5.63. The Balaban J connectivity index is 1.80. The largest absolute Gasteiger partial charge is 0.496 e. The first-order chi connectivity index (χ1) is 16.5. The molecule has 4 aromatic rings. The molecule has 1 aliphatic heterocycles. The van der Waals surface area contributed by atoms with Gasteiger partial charge in [-0.25, -0.2) is 9.79 Å². The van der Waals surface area contributed by atoms with Crippen LogP contribution in [0.5, 0.6) is 5.75 Å². The van der Waals surface area contributed by atoms with Gasteiger partial charge >= 0.3 is 5.97 Å². The van der Waals surface area contributed by atoms with Gasteiger partial charge in [-0.05, 0) is 35.4 Å². The van der Waals surface area contributed by atoms with Crippen LogP contribution in [0.3, 0.4) is 0 Å². The third-order valence-corrected chi connectivity index (χ3v) is 6.95. The summed E-state index contributed by atoms with van der Waals surface area (Å²) in [6, 6.07) is 20.7. The number of ether oxygens (including phenoxy) is 2. The number of hydrogen-bond donors (Lipinski definition) is 0. The van der Waals surface area contributed by atoms with E-state index in [1.165, 1.54) is 18.4 Å². The molecule has 0 fully saturated rings. The van der Waals surface area contributed by atoms with Crippen LogP contribution in [0.25, 0.3) is 16.8 Å². The molecule has 7 heteroatoms. The minimum absolute atomic E-state index is 0.221. The maximum absolute atomic E-state index is 13.8. The van der Waals surface area contributed by atoms with Crippen LogP contribution in [0, 0.1) is 0 Å². The summed E-state index contributed by atoms with van der Waals surface area (Å²) >= 11 is 1.29. The molecule has 0 radical (unpaired) electrons. The van der Waals surface area contributed by atoms with Crippen molar-refractivity contribution in [1.29, 1.82) is 0 Å². The summed E-state index contributed by atoms with van der Waals surface area (Å²) in [5.41, 5.74) is 2.31. The van der Waals surface area contributed by atoms with E-state index in [2.05, 4.69) is 4.99 Å². The fourth-order valence-corrected chi connectivity index (χ4v) is 5.41. The quantitative estimate of drug-likeness (QED) is 0.428. The van der Waals surface area contributed by atoms with Gasteiger partial charge in [0.25, 0.3) is 5.56 Å². The number of esters is 1. The second kappa shape index (κ2) is 8.76. The van der Waals surface area contributed by atoms with Gasteiger partial charge in [0.1, 0.15) is 5.75 Å². The highest BCUT2D eigenvalue weighted by Gasteiger charge is 2.32. The number of carbonyl (C=O) groups is 1. The van der Waals surface area contributed by atoms with Gasteiger partial charge in [0.15, 0.2) is 4.80 Å². The lowest BCUT2D eigenvalue weighted by atomic mass is 9.96. The third kappa shape index (κ3) is 3.54. The van der Waals surface area contributed by atoms with Gasteiger partial charge in [0.2, 0.25) is 0 Å². The van der Waals surface area contributed by atoms with Crippen LogP contribution in [0.2, 0.25) is 0 Å². The minimum Gasteiger partial charge on any atom is -0.496 e. The van der Waals surface area contributed by atoms with Crippen LogP contribution in [0.1, 0.15) is 24.1 Å². The smallest absolute Gasteiger partial charge is 0.338 e. The van der Waals surface area contributed by atoms with Gasteiger partial charge in [-0.15, -0.1) is 0 Å². The van der Waals surface area contributed by atoms with Crippen molar-refractivity contribution >= 4 is 34.2 Å². The van der Waals surface area contributed by atoms with Crippen LogP contribution >= 0.6 is 11.3 Å². The number of hydrogen-bond acceptors (Lipinski definition) is 6. The molecule has 170 valence electrons. The van der Waals surface area contributed by atoms with Crippen LogP contribution in [-0.4, -0.2) is 24.8 Å². The minimum atomic E-state index is -0.624. The SMILES string of the molecule is COC(=O)C1=C(C)N=c2s/c(=C\c3c(OC)ccc4ccccc34)c(=O)n2[C@@H]1c1ccccc1. The Morgan fingerprint density at radius 1 is 1.03 bits per heavy atom. The standard InChI is InChI=1S/C27H22N2O4S/c1-16-23(26(31)33-3)24(18-10-5-4-6-11-18)29-25(30)22(34-27(29)28-16)15-20-19-12-8-7-9-17(19)13-14-21(20)32-2/h4-15,24H,1-3H3/b22-15-/t24-/m1/s1. The fraction of sp³-hybridized carbons (Fsp3) is 0.148. The number of fused-ring (bicyclic) bond motifs is 2. The lowest BCUT2D eigenvalue weighted by Crippen LogP contribution is -2.39.